The molecule has 1 aromatic rings. The van der Waals surface area contributed by atoms with E-state index in [-0.39, 0.29) is 51.4 Å². The summed E-state index contributed by atoms with van der Waals surface area (Å²) < 4.78 is 47.6. The first kappa shape index (κ1) is 14.2. The predicted molar refractivity (Wildman–Crippen MR) is 37.6 cm³/mol. The van der Waals surface area contributed by atoms with E-state index in [9.17, 15) is 22.1 Å². The van der Waals surface area contributed by atoms with E-state index in [1.165, 1.54) is 0 Å². The summed E-state index contributed by atoms with van der Waals surface area (Å²) in [6.45, 7) is -5.59. The van der Waals surface area contributed by atoms with Crippen LogP contribution in [-0.2, 0) is 0 Å². The van der Waals surface area contributed by atoms with Gasteiger partial charge in [0.25, 0.3) is 0 Å². The van der Waals surface area contributed by atoms with E-state index in [2.05, 4.69) is 4.98 Å². The second-order valence-electron chi connectivity index (χ2n) is 2.30. The molecule has 70 valence electrons. The van der Waals surface area contributed by atoms with Gasteiger partial charge in [-0.15, -0.1) is 0 Å². The van der Waals surface area contributed by atoms with Crippen LogP contribution in [0.15, 0.2) is 18.3 Å². The molecule has 14 heavy (non-hydrogen) atoms. The number of rotatable bonds is 2. The van der Waals surface area contributed by atoms with Crippen molar-refractivity contribution in [1.29, 1.82) is 0 Å². The molecule has 0 fully saturated rings. The van der Waals surface area contributed by atoms with Crippen molar-refractivity contribution in [3.8, 4) is 0 Å². The first-order valence-corrected chi connectivity index (χ1v) is 3.27. The van der Waals surface area contributed by atoms with E-state index in [1.54, 1.807) is 0 Å². The van der Waals surface area contributed by atoms with Gasteiger partial charge in [0, 0.05) is 0 Å². The molecule has 1 aromatic heterocycles. The van der Waals surface area contributed by atoms with Crippen molar-refractivity contribution in [2.75, 3.05) is 0 Å². The summed E-state index contributed by atoms with van der Waals surface area (Å²) >= 11 is 0. The van der Waals surface area contributed by atoms with Gasteiger partial charge in [-0.25, -0.2) is 4.39 Å². The predicted octanol–water partition coefficient (Wildman–Crippen LogP) is -1.21. The van der Waals surface area contributed by atoms with Gasteiger partial charge in [0.2, 0.25) is 0 Å². The van der Waals surface area contributed by atoms with E-state index in [0.717, 1.165) is 6.07 Å². The van der Waals surface area contributed by atoms with E-state index >= 15 is 0 Å². The molecule has 0 saturated heterocycles. The molecule has 0 aliphatic carbocycles. The molecule has 2 nitrogen and oxygen atoms in total. The average Bonchev–Trinajstić information content (AvgIpc) is 2.03. The third-order valence-corrected chi connectivity index (χ3v) is 1.28. The number of hydrogen-bond donors (Lipinski definition) is 0. The molecule has 8 heteroatoms. The summed E-state index contributed by atoms with van der Waals surface area (Å²) in [6.07, 6.45) is 0.565. The first-order valence-electron chi connectivity index (χ1n) is 3.27. The maximum atomic E-state index is 12.2. The Morgan fingerprint density at radius 2 is 1.86 bits per heavy atom. The van der Waals surface area contributed by atoms with Gasteiger partial charge in [0.05, 0.1) is 11.9 Å². The van der Waals surface area contributed by atoms with Crippen LogP contribution in [-0.4, -0.2) is 17.6 Å². The Morgan fingerprint density at radius 1 is 1.29 bits per heavy atom. The maximum absolute atomic E-state index is 12.2. The van der Waals surface area contributed by atoms with Crippen LogP contribution in [0.2, 0.25) is 0 Å². The molecule has 0 unspecified atom stereocenters. The summed E-state index contributed by atoms with van der Waals surface area (Å²) in [5.41, 5.74) is -2.80. The largest absolute Gasteiger partial charge is 1.00 e. The van der Waals surface area contributed by atoms with Crippen LogP contribution in [0.5, 0.6) is 0 Å². The zero-order chi connectivity index (χ0) is 10.1. The van der Waals surface area contributed by atoms with Crippen LogP contribution < -0.4 is 51.4 Å². The van der Waals surface area contributed by atoms with Gasteiger partial charge in [0.15, 0.2) is 0 Å². The normalized spacial score (nSPS) is 10.6. The maximum Gasteiger partial charge on any atom is 1.00 e. The fourth-order valence-corrected chi connectivity index (χ4v) is 0.689. The molecule has 1 heterocycles. The summed E-state index contributed by atoms with van der Waals surface area (Å²) in [7, 11) is 0. The van der Waals surface area contributed by atoms with E-state index in [0.29, 0.717) is 12.3 Å². The molecular weight excluding hydrogens is 228 g/mol. The summed E-state index contributed by atoms with van der Waals surface area (Å²) in [5, 5.41) is 0. The minimum absolute atomic E-state index is 0. The standard InChI is InChI=1S/C6H3BF4NO.K/c8-4-1-2-5(12-3-4)6(13)7(9,10)11;/h1-3H;/q-1;+1. The van der Waals surface area contributed by atoms with Crippen molar-refractivity contribution in [1.82, 2.24) is 4.98 Å². The number of aromatic nitrogens is 1. The SMILES string of the molecule is O=C(c1ccc(F)cn1)[B-](F)(F)F.[K+]. The van der Waals surface area contributed by atoms with Crippen LogP contribution in [0, 0.1) is 5.82 Å². The van der Waals surface area contributed by atoms with Gasteiger partial charge >= 0.3 is 58.4 Å². The summed E-state index contributed by atoms with van der Waals surface area (Å²) in [5.74, 6) is -0.786. The third-order valence-electron chi connectivity index (χ3n) is 1.28. The van der Waals surface area contributed by atoms with Gasteiger partial charge in [-0.2, -0.15) is 0 Å². The van der Waals surface area contributed by atoms with Crippen LogP contribution in [0.1, 0.15) is 10.5 Å². The molecular formula is C6H3BF4KNO. The Hall–Kier alpha value is 0.241. The molecule has 0 bridgehead atoms. The van der Waals surface area contributed by atoms with Gasteiger partial charge in [-0.1, -0.05) is 0 Å². The quantitative estimate of drug-likeness (QED) is 0.472. The third kappa shape index (κ3) is 3.78. The van der Waals surface area contributed by atoms with Crippen molar-refractivity contribution >= 4 is 12.7 Å². The molecule has 0 aliphatic heterocycles. The van der Waals surface area contributed by atoms with E-state index in [1.807, 2.05) is 0 Å². The Labute approximate surface area is 120 Å². The zero-order valence-electron chi connectivity index (χ0n) is 7.18. The van der Waals surface area contributed by atoms with Crippen LogP contribution in [0.25, 0.3) is 0 Å². The zero-order valence-corrected chi connectivity index (χ0v) is 10.3. The van der Waals surface area contributed by atoms with Crippen LogP contribution >= 0.6 is 0 Å². The molecule has 0 N–H and O–H groups in total. The fraction of sp³-hybridized carbons (Fsp3) is 0. The molecule has 0 radical (unpaired) electrons. The molecule has 0 spiro atoms. The molecule has 0 aliphatic rings. The Balaban J connectivity index is 0.00000169. The number of pyridine rings is 1. The summed E-state index contributed by atoms with van der Waals surface area (Å²) in [6, 6.07) is 1.45. The molecule has 0 aromatic carbocycles. The topological polar surface area (TPSA) is 30.0 Å². The van der Waals surface area contributed by atoms with Gasteiger partial charge in [-0.3, -0.25) is 4.98 Å². The smallest absolute Gasteiger partial charge is 0.443 e. The number of hydrogen-bond acceptors (Lipinski definition) is 2. The van der Waals surface area contributed by atoms with Crippen molar-refractivity contribution in [2.24, 2.45) is 0 Å². The molecule has 0 saturated carbocycles. The van der Waals surface area contributed by atoms with Crippen molar-refractivity contribution in [3.05, 3.63) is 29.8 Å². The molecule has 1 rings (SSSR count). The Kier molecular flexibility index (Phi) is 5.45. The Morgan fingerprint density at radius 3 is 2.21 bits per heavy atom. The number of halogens is 4. The van der Waals surface area contributed by atoms with Gasteiger partial charge < -0.3 is 17.7 Å². The fourth-order valence-electron chi connectivity index (χ4n) is 0.689. The minimum atomic E-state index is -5.59. The van der Waals surface area contributed by atoms with E-state index < -0.39 is 24.2 Å². The number of nitrogens with zero attached hydrogens (tertiary/aromatic N) is 1. The first-order chi connectivity index (χ1) is 5.91. The second-order valence-corrected chi connectivity index (χ2v) is 2.30. The number of carbonyl (C=O) groups excluding carboxylic acids is 1. The molecule has 0 amide bonds. The summed E-state index contributed by atoms with van der Waals surface area (Å²) in [4.78, 5) is 13.5. The Bertz CT molecular complexity index is 326. The van der Waals surface area contributed by atoms with E-state index in [4.69, 9.17) is 0 Å². The monoisotopic (exact) mass is 231 g/mol. The average molecular weight is 231 g/mol. The molecule has 0 atom stereocenters. The van der Waals surface area contributed by atoms with Crippen LogP contribution in [0.4, 0.5) is 17.3 Å². The van der Waals surface area contributed by atoms with Crippen molar-refractivity contribution in [3.63, 3.8) is 0 Å². The number of carbonyl (C=O) groups is 1. The van der Waals surface area contributed by atoms with Crippen molar-refractivity contribution in [2.45, 2.75) is 0 Å². The van der Waals surface area contributed by atoms with Crippen LogP contribution in [0.3, 0.4) is 0 Å². The minimum Gasteiger partial charge on any atom is -0.443 e. The van der Waals surface area contributed by atoms with Crippen molar-refractivity contribution < 1.29 is 73.5 Å². The van der Waals surface area contributed by atoms with Gasteiger partial charge in [0.1, 0.15) is 11.5 Å². The van der Waals surface area contributed by atoms with Gasteiger partial charge in [-0.05, 0) is 12.1 Å². The second kappa shape index (κ2) is 5.36.